The normalized spacial score (nSPS) is 14.7. The van der Waals surface area contributed by atoms with E-state index in [1.807, 2.05) is 6.07 Å². The third-order valence-corrected chi connectivity index (χ3v) is 5.32. The summed E-state index contributed by atoms with van der Waals surface area (Å²) in [7, 11) is 0. The number of carbonyl (C=O) groups excluding carboxylic acids is 2. The van der Waals surface area contributed by atoms with Crippen molar-refractivity contribution in [2.24, 2.45) is 5.73 Å². The van der Waals surface area contributed by atoms with E-state index in [4.69, 9.17) is 22.1 Å². The van der Waals surface area contributed by atoms with Crippen LogP contribution in [0.4, 0.5) is 0 Å². The molecule has 0 spiro atoms. The van der Waals surface area contributed by atoms with Gasteiger partial charge in [-0.3, -0.25) is 9.59 Å². The van der Waals surface area contributed by atoms with Gasteiger partial charge in [-0.2, -0.15) is 0 Å². The summed E-state index contributed by atoms with van der Waals surface area (Å²) < 4.78 is 5.40. The Morgan fingerprint density at radius 1 is 1.33 bits per heavy atom. The van der Waals surface area contributed by atoms with E-state index in [2.05, 4.69) is 5.32 Å². The summed E-state index contributed by atoms with van der Waals surface area (Å²) in [4.78, 5) is 25.7. The maximum atomic E-state index is 12.6. The van der Waals surface area contributed by atoms with Crippen LogP contribution in [-0.4, -0.2) is 18.4 Å². The molecule has 3 rings (SSSR count). The summed E-state index contributed by atoms with van der Waals surface area (Å²) in [5.41, 5.74) is 7.18. The quantitative estimate of drug-likeness (QED) is 0.855. The second kappa shape index (κ2) is 7.34. The molecule has 0 radical (unpaired) electrons. The van der Waals surface area contributed by atoms with E-state index in [0.717, 1.165) is 17.5 Å². The molecule has 24 heavy (non-hydrogen) atoms. The summed E-state index contributed by atoms with van der Waals surface area (Å²) >= 11 is 7.37. The highest BCUT2D eigenvalue weighted by molar-refractivity contribution is 7.14. The van der Waals surface area contributed by atoms with Crippen molar-refractivity contribution in [3.63, 3.8) is 0 Å². The molecule has 0 saturated heterocycles. The van der Waals surface area contributed by atoms with E-state index >= 15 is 0 Å². The Labute approximate surface area is 148 Å². The van der Waals surface area contributed by atoms with Gasteiger partial charge in [0.2, 0.25) is 5.91 Å². The van der Waals surface area contributed by atoms with Crippen LogP contribution in [0.25, 0.3) is 0 Å². The van der Waals surface area contributed by atoms with Crippen molar-refractivity contribution in [1.82, 2.24) is 5.32 Å². The van der Waals surface area contributed by atoms with E-state index in [9.17, 15) is 9.59 Å². The fourth-order valence-electron chi connectivity index (χ4n) is 2.64. The van der Waals surface area contributed by atoms with Gasteiger partial charge >= 0.3 is 0 Å². The molecule has 0 bridgehead atoms. The van der Waals surface area contributed by atoms with Gasteiger partial charge in [-0.05, 0) is 29.3 Å². The van der Waals surface area contributed by atoms with Crippen LogP contribution in [0, 0.1) is 0 Å². The van der Waals surface area contributed by atoms with Crippen LogP contribution >= 0.6 is 22.9 Å². The number of halogens is 1. The minimum atomic E-state index is -0.484. The lowest BCUT2D eigenvalue weighted by molar-refractivity contribution is -0.118. The number of hydrogen-bond acceptors (Lipinski definition) is 4. The largest absolute Gasteiger partial charge is 0.376 e. The lowest BCUT2D eigenvalue weighted by Gasteiger charge is -2.17. The highest BCUT2D eigenvalue weighted by Crippen LogP contribution is 2.28. The molecule has 1 aromatic carbocycles. The van der Waals surface area contributed by atoms with Gasteiger partial charge in [0.15, 0.2) is 0 Å². The monoisotopic (exact) mass is 364 g/mol. The lowest BCUT2D eigenvalue weighted by Crippen LogP contribution is -2.31. The minimum Gasteiger partial charge on any atom is -0.376 e. The van der Waals surface area contributed by atoms with Crippen molar-refractivity contribution in [2.75, 3.05) is 6.61 Å². The van der Waals surface area contributed by atoms with Crippen molar-refractivity contribution in [3.05, 3.63) is 56.2 Å². The van der Waals surface area contributed by atoms with Crippen LogP contribution in [0.2, 0.25) is 5.02 Å². The highest BCUT2D eigenvalue weighted by Gasteiger charge is 2.22. The minimum absolute atomic E-state index is 0.0293. The number of nitrogens with one attached hydrogen (secondary N) is 1. The molecule has 1 atom stereocenters. The number of fused-ring (bicyclic) bond motifs is 1. The summed E-state index contributed by atoms with van der Waals surface area (Å²) in [6, 6.07) is 8.38. The van der Waals surface area contributed by atoms with Crippen molar-refractivity contribution in [3.8, 4) is 0 Å². The molecule has 126 valence electrons. The average molecular weight is 365 g/mol. The summed E-state index contributed by atoms with van der Waals surface area (Å²) in [5.74, 6) is -0.690. The fourth-order valence-corrected chi connectivity index (χ4v) is 3.82. The molecule has 0 aliphatic carbocycles. The topological polar surface area (TPSA) is 81.4 Å². The number of carbonyl (C=O) groups is 2. The lowest BCUT2D eigenvalue weighted by atomic mass is 10.0. The summed E-state index contributed by atoms with van der Waals surface area (Å²) in [5, 5.41) is 3.49. The smallest absolute Gasteiger partial charge is 0.261 e. The predicted octanol–water partition coefficient (Wildman–Crippen LogP) is 2.82. The SMILES string of the molecule is NC(=O)C[C@@H](NC(=O)c1cc2c(s1)CCOC2)c1ccc(Cl)cc1. The molecule has 0 unspecified atom stereocenters. The molecule has 2 aromatic rings. The van der Waals surface area contributed by atoms with E-state index in [1.165, 1.54) is 16.2 Å². The molecule has 3 N–H and O–H groups in total. The van der Waals surface area contributed by atoms with Gasteiger partial charge in [0, 0.05) is 16.3 Å². The zero-order valence-corrected chi connectivity index (χ0v) is 14.5. The van der Waals surface area contributed by atoms with Gasteiger partial charge in [-0.1, -0.05) is 23.7 Å². The van der Waals surface area contributed by atoms with E-state index in [-0.39, 0.29) is 12.3 Å². The third-order valence-electron chi connectivity index (χ3n) is 3.83. The van der Waals surface area contributed by atoms with Crippen LogP contribution in [0.3, 0.4) is 0 Å². The van der Waals surface area contributed by atoms with Gasteiger partial charge in [0.05, 0.1) is 30.6 Å². The fraction of sp³-hybridized carbons (Fsp3) is 0.294. The summed E-state index contributed by atoms with van der Waals surface area (Å²) in [6.45, 7) is 1.23. The van der Waals surface area contributed by atoms with E-state index in [0.29, 0.717) is 23.1 Å². The molecule has 5 nitrogen and oxygen atoms in total. The van der Waals surface area contributed by atoms with Crippen LogP contribution in [0.1, 0.15) is 38.1 Å². The number of ether oxygens (including phenoxy) is 1. The Bertz CT molecular complexity index is 734. The molecule has 0 fully saturated rings. The number of thiophene rings is 1. The molecule has 1 aliphatic rings. The first-order chi connectivity index (χ1) is 11.5. The van der Waals surface area contributed by atoms with Gasteiger partial charge in [0.25, 0.3) is 5.91 Å². The Hall–Kier alpha value is -1.89. The van der Waals surface area contributed by atoms with Crippen molar-refractivity contribution in [2.45, 2.75) is 25.5 Å². The maximum Gasteiger partial charge on any atom is 0.261 e. The number of amides is 2. The third kappa shape index (κ3) is 3.95. The maximum absolute atomic E-state index is 12.6. The molecule has 7 heteroatoms. The van der Waals surface area contributed by atoms with E-state index < -0.39 is 11.9 Å². The van der Waals surface area contributed by atoms with Gasteiger partial charge in [-0.25, -0.2) is 0 Å². The van der Waals surface area contributed by atoms with Crippen molar-refractivity contribution < 1.29 is 14.3 Å². The molecule has 2 amide bonds. The molecular formula is C17H17ClN2O3S. The van der Waals surface area contributed by atoms with Gasteiger partial charge < -0.3 is 15.8 Å². The second-order valence-corrected chi connectivity index (χ2v) is 7.18. The Morgan fingerprint density at radius 2 is 2.08 bits per heavy atom. The first-order valence-corrected chi connectivity index (χ1v) is 8.76. The second-order valence-electron chi connectivity index (χ2n) is 5.61. The molecular weight excluding hydrogens is 348 g/mol. The first-order valence-electron chi connectivity index (χ1n) is 7.57. The molecule has 1 aromatic heterocycles. The zero-order valence-electron chi connectivity index (χ0n) is 12.9. The Morgan fingerprint density at radius 3 is 2.75 bits per heavy atom. The van der Waals surface area contributed by atoms with E-state index in [1.54, 1.807) is 24.3 Å². The number of benzene rings is 1. The first kappa shape index (κ1) is 17.0. The molecule has 0 saturated carbocycles. The van der Waals surface area contributed by atoms with Crippen LogP contribution in [0.15, 0.2) is 30.3 Å². The van der Waals surface area contributed by atoms with Crippen LogP contribution < -0.4 is 11.1 Å². The number of primary amides is 1. The average Bonchev–Trinajstić information content (AvgIpc) is 2.98. The molecule has 1 aliphatic heterocycles. The van der Waals surface area contributed by atoms with Gasteiger partial charge in [-0.15, -0.1) is 11.3 Å². The summed E-state index contributed by atoms with van der Waals surface area (Å²) in [6.07, 6.45) is 0.858. The highest BCUT2D eigenvalue weighted by atomic mass is 35.5. The van der Waals surface area contributed by atoms with Crippen LogP contribution in [0.5, 0.6) is 0 Å². The van der Waals surface area contributed by atoms with Crippen molar-refractivity contribution >= 4 is 34.8 Å². The molecule has 2 heterocycles. The number of nitrogens with two attached hydrogens (primary N) is 1. The number of rotatable bonds is 5. The Kier molecular flexibility index (Phi) is 5.18. The zero-order chi connectivity index (χ0) is 17.1. The predicted molar refractivity (Wildman–Crippen MR) is 93.1 cm³/mol. The van der Waals surface area contributed by atoms with Crippen molar-refractivity contribution in [1.29, 1.82) is 0 Å². The van der Waals surface area contributed by atoms with Gasteiger partial charge in [0.1, 0.15) is 0 Å². The van der Waals surface area contributed by atoms with Crippen LogP contribution in [-0.2, 0) is 22.6 Å². The Balaban J connectivity index is 1.78. The standard InChI is InChI=1S/C17H17ClN2O3S/c18-12-3-1-10(2-4-12)13(8-16(19)21)20-17(22)15-7-11-9-23-6-5-14(11)24-15/h1-4,7,13H,5-6,8-9H2,(H2,19,21)(H,20,22)/t13-/m1/s1. The number of hydrogen-bond donors (Lipinski definition) is 2.